The lowest BCUT2D eigenvalue weighted by atomic mass is 10.1. The van der Waals surface area contributed by atoms with Gasteiger partial charge in [0, 0.05) is 5.02 Å². The van der Waals surface area contributed by atoms with E-state index in [0.717, 1.165) is 11.1 Å². The minimum atomic E-state index is 0.0144. The Morgan fingerprint density at radius 2 is 2.20 bits per heavy atom. The molecule has 1 rings (SSSR count). The molecule has 0 spiro atoms. The summed E-state index contributed by atoms with van der Waals surface area (Å²) in [5.41, 5.74) is 1.91. The number of aryl methyl sites for hydroxylation is 1. The molecule has 0 atom stereocenters. The van der Waals surface area contributed by atoms with Crippen molar-refractivity contribution in [3.63, 3.8) is 0 Å². The van der Waals surface area contributed by atoms with Crippen LogP contribution in [0.3, 0.4) is 0 Å². The number of halogens is 1. The molecule has 1 aromatic rings. The number of aliphatic hydroxyl groups excluding tert-OH is 1. The van der Waals surface area contributed by atoms with Crippen molar-refractivity contribution in [2.45, 2.75) is 13.5 Å². The SMILES string of the molecule is Cc1ccc(Cl)c(CO)c1. The van der Waals surface area contributed by atoms with Crippen LogP contribution < -0.4 is 0 Å². The molecule has 0 aromatic heterocycles. The minimum absolute atomic E-state index is 0.0144. The van der Waals surface area contributed by atoms with E-state index in [0.29, 0.717) is 5.02 Å². The van der Waals surface area contributed by atoms with E-state index in [4.69, 9.17) is 16.7 Å². The van der Waals surface area contributed by atoms with Gasteiger partial charge in [-0.05, 0) is 18.6 Å². The van der Waals surface area contributed by atoms with Gasteiger partial charge in [-0.1, -0.05) is 29.3 Å². The molecule has 0 amide bonds. The second-order valence-corrected chi connectivity index (χ2v) is 2.66. The first-order valence-corrected chi connectivity index (χ1v) is 3.47. The lowest BCUT2D eigenvalue weighted by molar-refractivity contribution is 0.282. The van der Waals surface area contributed by atoms with Crippen molar-refractivity contribution in [2.24, 2.45) is 0 Å². The second kappa shape index (κ2) is 3.04. The van der Waals surface area contributed by atoms with E-state index in [-0.39, 0.29) is 6.61 Å². The van der Waals surface area contributed by atoms with E-state index < -0.39 is 0 Å². The van der Waals surface area contributed by atoms with Gasteiger partial charge in [-0.2, -0.15) is 0 Å². The molecule has 0 radical (unpaired) electrons. The average molecular weight is 157 g/mol. The molecule has 0 aliphatic carbocycles. The highest BCUT2D eigenvalue weighted by Crippen LogP contribution is 2.16. The highest BCUT2D eigenvalue weighted by Gasteiger charge is 1.96. The summed E-state index contributed by atoms with van der Waals surface area (Å²) in [6.45, 7) is 1.98. The average Bonchev–Trinajstić information content (AvgIpc) is 1.94. The molecule has 54 valence electrons. The van der Waals surface area contributed by atoms with Gasteiger partial charge in [-0.25, -0.2) is 0 Å². The molecule has 0 saturated carbocycles. The summed E-state index contributed by atoms with van der Waals surface area (Å²) < 4.78 is 0. The lowest BCUT2D eigenvalue weighted by Crippen LogP contribution is -1.84. The largest absolute Gasteiger partial charge is 0.392 e. The predicted octanol–water partition coefficient (Wildman–Crippen LogP) is 2.14. The first kappa shape index (κ1) is 7.58. The van der Waals surface area contributed by atoms with Gasteiger partial charge in [0.25, 0.3) is 0 Å². The van der Waals surface area contributed by atoms with Gasteiger partial charge in [0.1, 0.15) is 0 Å². The Balaban J connectivity index is 3.09. The zero-order valence-electron chi connectivity index (χ0n) is 5.76. The summed E-state index contributed by atoms with van der Waals surface area (Å²) in [5, 5.41) is 9.39. The van der Waals surface area contributed by atoms with Crippen molar-refractivity contribution in [2.75, 3.05) is 0 Å². The summed E-state index contributed by atoms with van der Waals surface area (Å²) in [5.74, 6) is 0. The van der Waals surface area contributed by atoms with Crippen LogP contribution in [0.2, 0.25) is 5.02 Å². The number of benzene rings is 1. The molecule has 0 unspecified atom stereocenters. The van der Waals surface area contributed by atoms with Gasteiger partial charge in [-0.3, -0.25) is 0 Å². The van der Waals surface area contributed by atoms with Crippen LogP contribution in [0.4, 0.5) is 0 Å². The Kier molecular flexibility index (Phi) is 2.30. The highest BCUT2D eigenvalue weighted by atomic mass is 35.5. The molecule has 1 nitrogen and oxygen atoms in total. The van der Waals surface area contributed by atoms with E-state index in [1.165, 1.54) is 0 Å². The predicted molar refractivity (Wildman–Crippen MR) is 42.1 cm³/mol. The van der Waals surface area contributed by atoms with Crippen LogP contribution in [0, 0.1) is 6.92 Å². The molecule has 1 aromatic carbocycles. The van der Waals surface area contributed by atoms with Crippen molar-refractivity contribution in [1.82, 2.24) is 0 Å². The fraction of sp³-hybridized carbons (Fsp3) is 0.250. The third-order valence-electron chi connectivity index (χ3n) is 1.37. The first-order chi connectivity index (χ1) is 4.74. The van der Waals surface area contributed by atoms with Crippen molar-refractivity contribution in [3.05, 3.63) is 34.3 Å². The van der Waals surface area contributed by atoms with Crippen molar-refractivity contribution < 1.29 is 5.11 Å². The zero-order valence-corrected chi connectivity index (χ0v) is 6.52. The van der Waals surface area contributed by atoms with E-state index in [1.807, 2.05) is 19.1 Å². The third kappa shape index (κ3) is 1.49. The molecular weight excluding hydrogens is 148 g/mol. The van der Waals surface area contributed by atoms with Crippen LogP contribution in [0.1, 0.15) is 11.1 Å². The van der Waals surface area contributed by atoms with Crippen molar-refractivity contribution in [1.29, 1.82) is 0 Å². The van der Waals surface area contributed by atoms with Gasteiger partial charge in [0.05, 0.1) is 6.61 Å². The summed E-state index contributed by atoms with van der Waals surface area (Å²) in [4.78, 5) is 0. The number of aliphatic hydroxyl groups is 1. The fourth-order valence-corrected chi connectivity index (χ4v) is 1.00. The smallest absolute Gasteiger partial charge is 0.0696 e. The summed E-state index contributed by atoms with van der Waals surface area (Å²) in [6, 6.07) is 5.59. The van der Waals surface area contributed by atoms with Crippen molar-refractivity contribution in [3.8, 4) is 0 Å². The van der Waals surface area contributed by atoms with Crippen LogP contribution in [-0.4, -0.2) is 5.11 Å². The molecule has 0 aliphatic heterocycles. The van der Waals surface area contributed by atoms with Crippen LogP contribution in [0.25, 0.3) is 0 Å². The van der Waals surface area contributed by atoms with Gasteiger partial charge < -0.3 is 5.11 Å². The summed E-state index contributed by atoms with van der Waals surface area (Å²) in [6.07, 6.45) is 0. The third-order valence-corrected chi connectivity index (χ3v) is 1.74. The standard InChI is InChI=1S/C8H9ClO/c1-6-2-3-8(9)7(4-6)5-10/h2-4,10H,5H2,1H3. The summed E-state index contributed by atoms with van der Waals surface area (Å²) >= 11 is 5.74. The fourth-order valence-electron chi connectivity index (χ4n) is 0.825. The van der Waals surface area contributed by atoms with Crippen molar-refractivity contribution >= 4 is 11.6 Å². The maximum Gasteiger partial charge on any atom is 0.0696 e. The molecule has 0 bridgehead atoms. The number of hydrogen-bond acceptors (Lipinski definition) is 1. The molecule has 0 fully saturated rings. The zero-order chi connectivity index (χ0) is 7.56. The molecule has 1 N–H and O–H groups in total. The molecule has 0 saturated heterocycles. The first-order valence-electron chi connectivity index (χ1n) is 3.10. The Morgan fingerprint density at radius 1 is 1.50 bits per heavy atom. The van der Waals surface area contributed by atoms with Gasteiger partial charge >= 0.3 is 0 Å². The van der Waals surface area contributed by atoms with Gasteiger partial charge in [0.15, 0.2) is 0 Å². The van der Waals surface area contributed by atoms with Gasteiger partial charge in [-0.15, -0.1) is 0 Å². The molecule has 0 aliphatic rings. The molecule has 10 heavy (non-hydrogen) atoms. The Labute approximate surface area is 65.3 Å². The molecule has 0 heterocycles. The monoisotopic (exact) mass is 156 g/mol. The lowest BCUT2D eigenvalue weighted by Gasteiger charge is -1.99. The second-order valence-electron chi connectivity index (χ2n) is 2.25. The maximum atomic E-state index is 8.76. The van der Waals surface area contributed by atoms with Crippen LogP contribution in [0.15, 0.2) is 18.2 Å². The summed E-state index contributed by atoms with van der Waals surface area (Å²) in [7, 11) is 0. The highest BCUT2D eigenvalue weighted by molar-refractivity contribution is 6.31. The topological polar surface area (TPSA) is 20.2 Å². The maximum absolute atomic E-state index is 8.76. The van der Waals surface area contributed by atoms with E-state index in [2.05, 4.69) is 0 Å². The van der Waals surface area contributed by atoms with Crippen LogP contribution in [0.5, 0.6) is 0 Å². The molecular formula is C8H9ClO. The van der Waals surface area contributed by atoms with Crippen LogP contribution >= 0.6 is 11.6 Å². The molecule has 2 heteroatoms. The van der Waals surface area contributed by atoms with Crippen LogP contribution in [-0.2, 0) is 6.61 Å². The quantitative estimate of drug-likeness (QED) is 0.661. The van der Waals surface area contributed by atoms with E-state index >= 15 is 0 Å². The Hall–Kier alpha value is -0.530. The number of rotatable bonds is 1. The normalized spacial score (nSPS) is 9.90. The van der Waals surface area contributed by atoms with E-state index in [9.17, 15) is 0 Å². The van der Waals surface area contributed by atoms with Gasteiger partial charge in [0.2, 0.25) is 0 Å². The number of hydrogen-bond donors (Lipinski definition) is 1. The van der Waals surface area contributed by atoms with E-state index in [1.54, 1.807) is 6.07 Å². The Morgan fingerprint density at radius 3 is 2.70 bits per heavy atom. The minimum Gasteiger partial charge on any atom is -0.392 e. The Bertz CT molecular complexity index is 233.